The molecule has 20 atom stereocenters. The third-order valence-electron chi connectivity index (χ3n) is 12.9. The summed E-state index contributed by atoms with van der Waals surface area (Å²) in [6.07, 6.45) is -13.5. The Balaban J connectivity index is 1.57. The van der Waals surface area contributed by atoms with Crippen LogP contribution in [0.25, 0.3) is 0 Å². The van der Waals surface area contributed by atoms with Crippen molar-refractivity contribution in [3.8, 4) is 0 Å². The fourth-order valence-electron chi connectivity index (χ4n) is 9.11. The maximum absolute atomic E-state index is 13.3. The van der Waals surface area contributed by atoms with Gasteiger partial charge in [-0.1, -0.05) is 44.4 Å². The molecule has 0 radical (unpaired) electrons. The van der Waals surface area contributed by atoms with Crippen molar-refractivity contribution in [2.24, 2.45) is 0 Å². The summed E-state index contributed by atoms with van der Waals surface area (Å²) in [5.74, 6) is -3.93. The van der Waals surface area contributed by atoms with Crippen molar-refractivity contribution in [1.29, 1.82) is 0 Å². The van der Waals surface area contributed by atoms with Crippen LogP contribution in [0.1, 0.15) is 92.4 Å². The Morgan fingerprint density at radius 3 is 1.40 bits per heavy atom. The molecule has 4 heterocycles. The maximum atomic E-state index is 13.3. The summed E-state index contributed by atoms with van der Waals surface area (Å²) in [4.78, 5) is 62.3. The fourth-order valence-corrected chi connectivity index (χ4v) is 9.42. The summed E-state index contributed by atoms with van der Waals surface area (Å²) in [6, 6.07) is -6.73. The number of aliphatic hydroxyl groups is 8. The maximum Gasteiger partial charge on any atom is 0.397 e. The number of allylic oxidation sites excluding steroid dienone is 3. The molecule has 442 valence electrons. The number of carbonyl (C=O) groups excluding carboxylic acids is 5. The van der Waals surface area contributed by atoms with Crippen LogP contribution in [0.4, 0.5) is 0 Å². The Bertz CT molecular complexity index is 2060. The van der Waals surface area contributed by atoms with E-state index in [-0.39, 0.29) is 0 Å². The molecule has 4 amide bonds. The molecule has 0 spiro atoms. The van der Waals surface area contributed by atoms with E-state index in [1.165, 1.54) is 12.5 Å². The van der Waals surface area contributed by atoms with Gasteiger partial charge >= 0.3 is 16.4 Å². The van der Waals surface area contributed by atoms with Gasteiger partial charge in [0, 0.05) is 27.7 Å². The van der Waals surface area contributed by atoms with E-state index >= 15 is 0 Å². The average molecular weight is 1130 g/mol. The first-order valence-electron chi connectivity index (χ1n) is 25.5. The highest BCUT2D eigenvalue weighted by Crippen LogP contribution is 2.35. The molecule has 30 heteroatoms. The predicted octanol–water partition coefficient (Wildman–Crippen LogP) is -4.15. The van der Waals surface area contributed by atoms with Gasteiger partial charge in [0.05, 0.1) is 19.8 Å². The van der Waals surface area contributed by atoms with Crippen molar-refractivity contribution < 1.29 is 120 Å². The van der Waals surface area contributed by atoms with Crippen LogP contribution >= 0.6 is 0 Å². The second-order valence-corrected chi connectivity index (χ2v) is 20.1. The van der Waals surface area contributed by atoms with E-state index in [2.05, 4.69) is 44.5 Å². The smallest absolute Gasteiger partial charge is 0.397 e. The largest absolute Gasteiger partial charge is 0.463 e. The van der Waals surface area contributed by atoms with E-state index in [4.69, 9.17) is 37.9 Å². The Morgan fingerprint density at radius 2 is 0.948 bits per heavy atom. The van der Waals surface area contributed by atoms with Crippen molar-refractivity contribution >= 4 is 40.0 Å². The Kier molecular flexibility index (Phi) is 27.1. The number of ether oxygens (including phenoxy) is 8. The zero-order valence-corrected chi connectivity index (χ0v) is 44.3. The van der Waals surface area contributed by atoms with Crippen molar-refractivity contribution in [2.45, 2.75) is 215 Å². The lowest BCUT2D eigenvalue weighted by molar-refractivity contribution is -0.361. The standard InChI is InChI=1S/C47H78N4O25S/c1-6-7-8-9-10-11-12-13-14-15-16-17-18-31(58)51-33-37(60)36(59)29(21-68-26(5)57)73-45(33)74-41-27(19-52)71-46(34(39(41)62)49-24(3)55)75-42-28(20-53)72-47(35(40(42)63)50-25(4)56)76-43-30(22-69-77(65,66)67)70-44(64)32(38(43)61)48-23(2)54/h10-11,17-18,27-30,32-47,52-53,59-64H,6-9,12-16,19-22H2,1-5H3,(H,48,54)(H,49,55)(H,50,56)(H,51,58)(H,65,66,67). The molecule has 0 aliphatic carbocycles. The molecule has 13 N–H and O–H groups in total. The number of amides is 4. The van der Waals surface area contributed by atoms with Gasteiger partial charge in [0.1, 0.15) is 104 Å². The number of nitrogens with one attached hydrogen (secondary N) is 4. The molecule has 4 aliphatic heterocycles. The summed E-state index contributed by atoms with van der Waals surface area (Å²) < 4.78 is 83.2. The summed E-state index contributed by atoms with van der Waals surface area (Å²) in [7, 11) is -5.16. The van der Waals surface area contributed by atoms with E-state index in [9.17, 15) is 77.8 Å². The molecule has 29 nitrogen and oxygen atoms in total. The monoisotopic (exact) mass is 1130 g/mol. The molecule has 4 rings (SSSR count). The zero-order valence-electron chi connectivity index (χ0n) is 43.5. The highest BCUT2D eigenvalue weighted by atomic mass is 32.3. The van der Waals surface area contributed by atoms with E-state index in [1.807, 2.05) is 0 Å². The molecule has 0 aromatic heterocycles. The number of carbonyl (C=O) groups is 5. The first-order valence-corrected chi connectivity index (χ1v) is 26.8. The van der Waals surface area contributed by atoms with Crippen molar-refractivity contribution in [3.05, 3.63) is 24.3 Å². The zero-order chi connectivity index (χ0) is 57.1. The topological polar surface area (TPSA) is 433 Å². The number of esters is 1. The van der Waals surface area contributed by atoms with Gasteiger partial charge in [0.25, 0.3) is 0 Å². The average Bonchev–Trinajstić information content (AvgIpc) is 3.36. The fraction of sp³-hybridized carbons (Fsp3) is 0.809. The first kappa shape index (κ1) is 65.6. The first-order chi connectivity index (χ1) is 36.4. The van der Waals surface area contributed by atoms with Gasteiger partial charge in [0.15, 0.2) is 25.2 Å². The molecule has 4 saturated heterocycles. The molecule has 77 heavy (non-hydrogen) atoms. The lowest BCUT2D eigenvalue weighted by atomic mass is 9.93. The third kappa shape index (κ3) is 20.0. The van der Waals surface area contributed by atoms with Crippen molar-refractivity contribution in [3.63, 3.8) is 0 Å². The molecule has 0 aromatic carbocycles. The molecule has 0 aromatic rings. The van der Waals surface area contributed by atoms with Gasteiger partial charge < -0.3 is 100 Å². The number of rotatable bonds is 28. The van der Waals surface area contributed by atoms with Crippen LogP contribution in [0.5, 0.6) is 0 Å². The highest BCUT2D eigenvalue weighted by molar-refractivity contribution is 7.80. The van der Waals surface area contributed by atoms with E-state index in [0.29, 0.717) is 6.42 Å². The van der Waals surface area contributed by atoms with Crippen molar-refractivity contribution in [1.82, 2.24) is 21.3 Å². The van der Waals surface area contributed by atoms with Crippen LogP contribution in [0.2, 0.25) is 0 Å². The lowest BCUT2D eigenvalue weighted by Crippen LogP contribution is -2.71. The van der Waals surface area contributed by atoms with Gasteiger partial charge in [-0.25, -0.2) is 4.18 Å². The van der Waals surface area contributed by atoms with E-state index in [1.54, 1.807) is 6.08 Å². The van der Waals surface area contributed by atoms with Gasteiger partial charge in [0.2, 0.25) is 23.6 Å². The van der Waals surface area contributed by atoms with E-state index < -0.39 is 189 Å². The summed E-state index contributed by atoms with van der Waals surface area (Å²) in [5, 5.41) is 99.2. The Morgan fingerprint density at radius 1 is 0.519 bits per heavy atom. The van der Waals surface area contributed by atoms with Gasteiger partial charge in [-0.15, -0.1) is 0 Å². The number of hydrogen-bond donors (Lipinski definition) is 13. The van der Waals surface area contributed by atoms with Gasteiger partial charge in [-0.05, 0) is 44.6 Å². The van der Waals surface area contributed by atoms with Crippen LogP contribution in [0.15, 0.2) is 24.3 Å². The molecule has 4 fully saturated rings. The van der Waals surface area contributed by atoms with Crippen LogP contribution in [-0.2, 0) is 76.4 Å². The molecule has 0 saturated carbocycles. The quantitative estimate of drug-likeness (QED) is 0.0116. The Labute approximate surface area is 445 Å². The minimum absolute atomic E-state index is 0.540. The lowest BCUT2D eigenvalue weighted by Gasteiger charge is -2.51. The number of hydrogen-bond acceptors (Lipinski definition) is 24. The third-order valence-corrected chi connectivity index (χ3v) is 13.3. The van der Waals surface area contributed by atoms with Gasteiger partial charge in [-0.2, -0.15) is 8.42 Å². The van der Waals surface area contributed by atoms with Crippen LogP contribution < -0.4 is 21.3 Å². The highest BCUT2D eigenvalue weighted by Gasteiger charge is 2.56. The molecule has 0 bridgehead atoms. The molecule has 4 aliphatic rings. The SMILES string of the molecule is CCCCCC=CCCCCCC=CC(=O)NC1C(OC2C(CO)OC(OC3C(CO)OC(OC4C(COS(=O)(=O)O)OC(O)C(NC(C)=O)C4O)C(NC(C)=O)C3O)C(NC(C)=O)C2O)OC(COC(C)=O)C(O)C1O. The predicted molar refractivity (Wildman–Crippen MR) is 260 cm³/mol. The van der Waals surface area contributed by atoms with Crippen molar-refractivity contribution in [2.75, 3.05) is 26.4 Å². The second-order valence-electron chi connectivity index (χ2n) is 19.0. The van der Waals surface area contributed by atoms with Gasteiger partial charge in [-0.3, -0.25) is 28.5 Å². The minimum Gasteiger partial charge on any atom is -0.463 e. The van der Waals surface area contributed by atoms with Crippen LogP contribution in [0.3, 0.4) is 0 Å². The summed E-state index contributed by atoms with van der Waals surface area (Å²) >= 11 is 0. The second kappa shape index (κ2) is 31.8. The molecule has 20 unspecified atom stereocenters. The Hall–Kier alpha value is -3.90. The van der Waals surface area contributed by atoms with E-state index in [0.717, 1.165) is 72.6 Å². The summed E-state index contributed by atoms with van der Waals surface area (Å²) in [5.41, 5.74) is 0. The minimum atomic E-state index is -5.16. The van der Waals surface area contributed by atoms with Crippen LogP contribution in [0, 0.1) is 0 Å². The number of aliphatic hydroxyl groups excluding tert-OH is 8. The molecular weight excluding hydrogens is 1050 g/mol. The van der Waals surface area contributed by atoms with Crippen LogP contribution in [-0.4, -0.2) is 232 Å². The normalized spacial score (nSPS) is 35.8. The summed E-state index contributed by atoms with van der Waals surface area (Å²) in [6.45, 7) is 2.58. The molecular formula is C47H78N4O25S. The number of unbranched alkanes of at least 4 members (excludes halogenated alkanes) is 7.